The molecule has 0 unspecified atom stereocenters. The van der Waals surface area contributed by atoms with Gasteiger partial charge in [-0.05, 0) is 58.5 Å². The molecule has 1 aliphatic heterocycles. The number of H-pyrrole nitrogens is 1. The van der Waals surface area contributed by atoms with E-state index in [9.17, 15) is 0 Å². The lowest BCUT2D eigenvalue weighted by Crippen LogP contribution is -2.34. The Balaban J connectivity index is 1.50. The van der Waals surface area contributed by atoms with Crippen LogP contribution in [0.3, 0.4) is 0 Å². The molecule has 4 nitrogen and oxygen atoms in total. The Bertz CT molecular complexity index is 441. The molecule has 4 heteroatoms. The third-order valence-corrected chi connectivity index (χ3v) is 4.38. The molecule has 1 N–H and O–H groups in total. The lowest BCUT2D eigenvalue weighted by Gasteiger charge is -2.32. The van der Waals surface area contributed by atoms with Gasteiger partial charge in [-0.15, -0.1) is 0 Å². The van der Waals surface area contributed by atoms with Crippen LogP contribution in [0.2, 0.25) is 0 Å². The molecular weight excluding hydrogens is 236 g/mol. The quantitative estimate of drug-likeness (QED) is 0.850. The molecule has 1 aromatic heterocycles. The van der Waals surface area contributed by atoms with Crippen LogP contribution in [0, 0.1) is 6.92 Å². The predicted octanol–water partition coefficient (Wildman–Crippen LogP) is 2.79. The fourth-order valence-electron chi connectivity index (χ4n) is 3.23. The molecule has 3 rings (SSSR count). The number of nitrogens with zero attached hydrogens (tertiary/aromatic N) is 3. The van der Waals surface area contributed by atoms with Gasteiger partial charge in [0.15, 0.2) is 5.82 Å². The highest BCUT2D eigenvalue weighted by Crippen LogP contribution is 2.27. The third-order valence-electron chi connectivity index (χ3n) is 4.38. The molecule has 104 valence electrons. The molecule has 0 atom stereocenters. The van der Waals surface area contributed by atoms with Gasteiger partial charge in [0.25, 0.3) is 0 Å². The summed E-state index contributed by atoms with van der Waals surface area (Å²) in [6.07, 6.45) is 10.3. The van der Waals surface area contributed by atoms with Crippen LogP contribution in [-0.4, -0.2) is 39.7 Å². The van der Waals surface area contributed by atoms with Crippen molar-refractivity contribution in [3.63, 3.8) is 0 Å². The molecule has 0 bridgehead atoms. The highest BCUT2D eigenvalue weighted by molar-refractivity contribution is 5.08. The van der Waals surface area contributed by atoms with Gasteiger partial charge in [0.05, 0.1) is 0 Å². The Kier molecular flexibility index (Phi) is 3.97. The Hall–Kier alpha value is -1.16. The highest BCUT2D eigenvalue weighted by Gasteiger charge is 2.23. The van der Waals surface area contributed by atoms with E-state index in [2.05, 4.69) is 26.2 Å². The largest absolute Gasteiger partial charge is 0.299 e. The molecule has 0 saturated carbocycles. The molecule has 0 amide bonds. The number of rotatable bonds is 3. The minimum atomic E-state index is 0.557. The summed E-state index contributed by atoms with van der Waals surface area (Å²) >= 11 is 0. The molecule has 19 heavy (non-hydrogen) atoms. The highest BCUT2D eigenvalue weighted by atomic mass is 15.2. The van der Waals surface area contributed by atoms with E-state index in [4.69, 9.17) is 0 Å². The number of piperidine rings is 1. The van der Waals surface area contributed by atoms with Gasteiger partial charge in [-0.25, -0.2) is 4.98 Å². The Labute approximate surface area is 115 Å². The van der Waals surface area contributed by atoms with Gasteiger partial charge in [0, 0.05) is 12.5 Å². The van der Waals surface area contributed by atoms with Gasteiger partial charge in [-0.1, -0.05) is 11.6 Å². The van der Waals surface area contributed by atoms with Crippen molar-refractivity contribution in [2.45, 2.75) is 51.4 Å². The number of hydrogen-bond donors (Lipinski definition) is 1. The van der Waals surface area contributed by atoms with Crippen LogP contribution < -0.4 is 0 Å². The summed E-state index contributed by atoms with van der Waals surface area (Å²) < 4.78 is 0. The van der Waals surface area contributed by atoms with Crippen LogP contribution in [0.1, 0.15) is 56.1 Å². The Morgan fingerprint density at radius 2 is 2.16 bits per heavy atom. The summed E-state index contributed by atoms with van der Waals surface area (Å²) in [6.45, 7) is 5.55. The third kappa shape index (κ3) is 3.24. The van der Waals surface area contributed by atoms with Crippen molar-refractivity contribution >= 4 is 0 Å². The van der Waals surface area contributed by atoms with Gasteiger partial charge >= 0.3 is 0 Å². The number of nitrogens with one attached hydrogen (secondary N) is 1. The zero-order valence-electron chi connectivity index (χ0n) is 11.9. The average Bonchev–Trinajstić information content (AvgIpc) is 2.87. The van der Waals surface area contributed by atoms with Crippen LogP contribution in [-0.2, 0) is 0 Å². The second kappa shape index (κ2) is 5.87. The van der Waals surface area contributed by atoms with Gasteiger partial charge in [0.2, 0.25) is 0 Å². The first kappa shape index (κ1) is 12.9. The number of aromatic nitrogens is 3. The molecule has 1 fully saturated rings. The van der Waals surface area contributed by atoms with Crippen molar-refractivity contribution in [1.29, 1.82) is 0 Å². The summed E-state index contributed by atoms with van der Waals surface area (Å²) in [6, 6.07) is 0. The first-order valence-electron chi connectivity index (χ1n) is 7.60. The number of aryl methyl sites for hydroxylation is 1. The Morgan fingerprint density at radius 1 is 1.32 bits per heavy atom. The summed E-state index contributed by atoms with van der Waals surface area (Å²) in [5.74, 6) is 2.51. The smallest absolute Gasteiger partial charge is 0.153 e. The van der Waals surface area contributed by atoms with E-state index < -0.39 is 0 Å². The van der Waals surface area contributed by atoms with Crippen LogP contribution in [0.5, 0.6) is 0 Å². The fraction of sp³-hybridized carbons (Fsp3) is 0.733. The van der Waals surface area contributed by atoms with Crippen molar-refractivity contribution in [2.24, 2.45) is 0 Å². The van der Waals surface area contributed by atoms with Crippen molar-refractivity contribution in [3.05, 3.63) is 23.3 Å². The molecule has 0 aromatic carbocycles. The molecule has 1 aliphatic carbocycles. The van der Waals surface area contributed by atoms with Crippen molar-refractivity contribution in [2.75, 3.05) is 19.6 Å². The molecule has 0 spiro atoms. The summed E-state index contributed by atoms with van der Waals surface area (Å²) in [5, 5.41) is 7.27. The molecule has 0 radical (unpaired) electrons. The monoisotopic (exact) mass is 260 g/mol. The van der Waals surface area contributed by atoms with E-state index in [1.54, 1.807) is 5.57 Å². The fourth-order valence-corrected chi connectivity index (χ4v) is 3.23. The van der Waals surface area contributed by atoms with E-state index in [1.807, 2.05) is 6.92 Å². The first-order chi connectivity index (χ1) is 9.31. The summed E-state index contributed by atoms with van der Waals surface area (Å²) in [7, 11) is 0. The Morgan fingerprint density at radius 3 is 2.79 bits per heavy atom. The normalized spacial score (nSPS) is 22.5. The molecule has 1 saturated heterocycles. The van der Waals surface area contributed by atoms with E-state index in [-0.39, 0.29) is 0 Å². The molecule has 2 heterocycles. The van der Waals surface area contributed by atoms with E-state index in [0.29, 0.717) is 5.92 Å². The molecule has 1 aromatic rings. The summed E-state index contributed by atoms with van der Waals surface area (Å²) in [4.78, 5) is 7.08. The van der Waals surface area contributed by atoms with E-state index in [1.165, 1.54) is 58.2 Å². The van der Waals surface area contributed by atoms with Crippen molar-refractivity contribution in [3.8, 4) is 0 Å². The van der Waals surface area contributed by atoms with Gasteiger partial charge in [-0.3, -0.25) is 10.00 Å². The minimum Gasteiger partial charge on any atom is -0.299 e. The average molecular weight is 260 g/mol. The van der Waals surface area contributed by atoms with Crippen molar-refractivity contribution in [1.82, 2.24) is 20.1 Å². The number of allylic oxidation sites excluding steroid dienone is 1. The van der Waals surface area contributed by atoms with E-state index >= 15 is 0 Å². The standard InChI is InChI=1S/C15H24N4/c1-12-16-15(18-17-12)14-7-9-19(10-8-14)11-13-5-3-2-4-6-13/h5,14H,2-4,6-11H2,1H3,(H,16,17,18). The lowest BCUT2D eigenvalue weighted by molar-refractivity contribution is 0.222. The van der Waals surface area contributed by atoms with Crippen LogP contribution in [0.25, 0.3) is 0 Å². The maximum absolute atomic E-state index is 4.48. The number of hydrogen-bond acceptors (Lipinski definition) is 3. The second-order valence-corrected chi connectivity index (χ2v) is 5.94. The zero-order valence-corrected chi connectivity index (χ0v) is 11.9. The lowest BCUT2D eigenvalue weighted by atomic mass is 9.94. The summed E-state index contributed by atoms with van der Waals surface area (Å²) in [5.41, 5.74) is 1.67. The predicted molar refractivity (Wildman–Crippen MR) is 76.1 cm³/mol. The van der Waals surface area contributed by atoms with Crippen molar-refractivity contribution < 1.29 is 0 Å². The maximum Gasteiger partial charge on any atom is 0.153 e. The van der Waals surface area contributed by atoms with Gasteiger partial charge in [0.1, 0.15) is 5.82 Å². The second-order valence-electron chi connectivity index (χ2n) is 5.94. The van der Waals surface area contributed by atoms with Crippen LogP contribution >= 0.6 is 0 Å². The van der Waals surface area contributed by atoms with Crippen LogP contribution in [0.15, 0.2) is 11.6 Å². The van der Waals surface area contributed by atoms with Crippen LogP contribution in [0.4, 0.5) is 0 Å². The topological polar surface area (TPSA) is 44.8 Å². The van der Waals surface area contributed by atoms with E-state index in [0.717, 1.165) is 11.6 Å². The van der Waals surface area contributed by atoms with Gasteiger partial charge < -0.3 is 0 Å². The molecule has 2 aliphatic rings. The minimum absolute atomic E-state index is 0.557. The SMILES string of the molecule is Cc1nc(C2CCN(CC3=CCCCC3)CC2)n[nH]1. The number of likely N-dealkylation sites (tertiary alicyclic amines) is 1. The zero-order chi connectivity index (χ0) is 13.1. The number of aromatic amines is 1. The molecular formula is C15H24N4. The first-order valence-corrected chi connectivity index (χ1v) is 7.60. The maximum atomic E-state index is 4.48. The van der Waals surface area contributed by atoms with Gasteiger partial charge in [-0.2, -0.15) is 5.10 Å².